The van der Waals surface area contributed by atoms with E-state index in [1.165, 1.54) is 5.56 Å². The molecule has 2 rings (SSSR count). The van der Waals surface area contributed by atoms with Crippen LogP contribution in [0.5, 0.6) is 0 Å². The Morgan fingerprint density at radius 1 is 1.04 bits per heavy atom. The second-order valence-electron chi connectivity index (χ2n) is 6.30. The van der Waals surface area contributed by atoms with Gasteiger partial charge in [-0.3, -0.25) is 9.59 Å². The van der Waals surface area contributed by atoms with E-state index < -0.39 is 0 Å². The summed E-state index contributed by atoms with van der Waals surface area (Å²) in [6.45, 7) is 8.21. The Kier molecular flexibility index (Phi) is 6.82. The minimum Gasteiger partial charge on any atom is -0.351 e. The lowest BCUT2D eigenvalue weighted by Gasteiger charge is -2.15. The largest absolute Gasteiger partial charge is 0.351 e. The van der Waals surface area contributed by atoms with Crippen LogP contribution >= 0.6 is 11.8 Å². The van der Waals surface area contributed by atoms with E-state index >= 15 is 0 Å². The number of thioether (sulfide) groups is 1. The maximum Gasteiger partial charge on any atom is 0.230 e. The average Bonchev–Trinajstić information content (AvgIpc) is 2.56. The first-order valence-corrected chi connectivity index (χ1v) is 9.54. The minimum atomic E-state index is 0.0306. The van der Waals surface area contributed by atoms with Crippen molar-refractivity contribution in [1.82, 2.24) is 5.32 Å². The van der Waals surface area contributed by atoms with Gasteiger partial charge in [0.2, 0.25) is 5.91 Å². The van der Waals surface area contributed by atoms with E-state index in [0.29, 0.717) is 12.3 Å². The van der Waals surface area contributed by atoms with Gasteiger partial charge in [0.05, 0.1) is 5.75 Å². The standard InChI is InChI=1S/C21H25NO2S/c1-14-10-15(2)21(17(4)23)16(3)19(14)12-25-13-20(24)22-11-18-8-6-5-7-9-18/h5-10H,11-13H2,1-4H3,(H,22,24). The predicted molar refractivity (Wildman–Crippen MR) is 105 cm³/mol. The van der Waals surface area contributed by atoms with Gasteiger partial charge in [0.25, 0.3) is 0 Å². The van der Waals surface area contributed by atoms with Crippen molar-refractivity contribution in [1.29, 1.82) is 0 Å². The Labute approximate surface area is 154 Å². The highest BCUT2D eigenvalue weighted by atomic mass is 32.2. The number of rotatable bonds is 7. The maximum atomic E-state index is 12.0. The summed E-state index contributed by atoms with van der Waals surface area (Å²) in [5.41, 5.74) is 6.32. The molecule has 0 atom stereocenters. The molecule has 0 spiro atoms. The van der Waals surface area contributed by atoms with Gasteiger partial charge >= 0.3 is 0 Å². The molecule has 0 aliphatic rings. The molecule has 0 bridgehead atoms. The third-order valence-electron chi connectivity index (χ3n) is 4.30. The van der Waals surface area contributed by atoms with Crippen molar-refractivity contribution in [3.63, 3.8) is 0 Å². The van der Waals surface area contributed by atoms with E-state index in [1.54, 1.807) is 18.7 Å². The quantitative estimate of drug-likeness (QED) is 0.751. The highest BCUT2D eigenvalue weighted by molar-refractivity contribution is 7.99. The molecule has 25 heavy (non-hydrogen) atoms. The predicted octanol–water partition coefficient (Wildman–Crippen LogP) is 4.36. The molecule has 1 N–H and O–H groups in total. The summed E-state index contributed by atoms with van der Waals surface area (Å²) in [7, 11) is 0. The molecule has 0 radical (unpaired) electrons. The van der Waals surface area contributed by atoms with E-state index in [-0.39, 0.29) is 11.7 Å². The Bertz CT molecular complexity index is 769. The van der Waals surface area contributed by atoms with Crippen molar-refractivity contribution >= 4 is 23.5 Å². The molecule has 0 saturated heterocycles. The number of ketones is 1. The summed E-state index contributed by atoms with van der Waals surface area (Å²) < 4.78 is 0. The lowest BCUT2D eigenvalue weighted by Crippen LogP contribution is -2.24. The van der Waals surface area contributed by atoms with Crippen LogP contribution in [0.2, 0.25) is 0 Å². The van der Waals surface area contributed by atoms with Gasteiger partial charge < -0.3 is 5.32 Å². The molecule has 1 amide bonds. The minimum absolute atomic E-state index is 0.0306. The highest BCUT2D eigenvalue weighted by Crippen LogP contribution is 2.26. The zero-order valence-electron chi connectivity index (χ0n) is 15.3. The number of carbonyl (C=O) groups is 2. The molecule has 3 nitrogen and oxygen atoms in total. The van der Waals surface area contributed by atoms with E-state index in [2.05, 4.69) is 18.3 Å². The number of benzene rings is 2. The number of Topliss-reactive ketones (excluding diaryl/α,β-unsaturated/α-hetero) is 1. The highest BCUT2D eigenvalue weighted by Gasteiger charge is 2.14. The van der Waals surface area contributed by atoms with Crippen LogP contribution in [-0.2, 0) is 17.1 Å². The third-order valence-corrected chi connectivity index (χ3v) is 5.25. The van der Waals surface area contributed by atoms with Gasteiger partial charge in [-0.15, -0.1) is 11.8 Å². The normalized spacial score (nSPS) is 10.6. The first-order valence-electron chi connectivity index (χ1n) is 8.39. The molecule has 0 aliphatic carbocycles. The Morgan fingerprint density at radius 3 is 2.36 bits per heavy atom. The Hall–Kier alpha value is -2.07. The second-order valence-corrected chi connectivity index (χ2v) is 7.29. The molecule has 4 heteroatoms. The molecular formula is C21H25NO2S. The van der Waals surface area contributed by atoms with Gasteiger partial charge in [-0.05, 0) is 55.5 Å². The first kappa shape index (κ1) is 19.3. The van der Waals surface area contributed by atoms with Crippen LogP contribution < -0.4 is 5.32 Å². The molecule has 2 aromatic rings. The molecule has 0 heterocycles. The van der Waals surface area contributed by atoms with E-state index in [1.807, 2.05) is 44.2 Å². The Morgan fingerprint density at radius 2 is 1.72 bits per heavy atom. The summed E-state index contributed by atoms with van der Waals surface area (Å²) in [5.74, 6) is 1.27. The van der Waals surface area contributed by atoms with Gasteiger partial charge in [-0.25, -0.2) is 0 Å². The van der Waals surface area contributed by atoms with Crippen molar-refractivity contribution in [2.45, 2.75) is 40.0 Å². The number of aryl methyl sites for hydroxylation is 2. The van der Waals surface area contributed by atoms with Gasteiger partial charge in [0.1, 0.15) is 0 Å². The van der Waals surface area contributed by atoms with Crippen molar-refractivity contribution in [2.24, 2.45) is 0 Å². The Balaban J connectivity index is 1.92. The molecule has 0 aromatic heterocycles. The molecule has 0 unspecified atom stereocenters. The third kappa shape index (κ3) is 5.20. The van der Waals surface area contributed by atoms with Gasteiger partial charge in [-0.2, -0.15) is 0 Å². The smallest absolute Gasteiger partial charge is 0.230 e. The number of hydrogen-bond donors (Lipinski definition) is 1. The van der Waals surface area contributed by atoms with Crippen molar-refractivity contribution in [2.75, 3.05) is 5.75 Å². The van der Waals surface area contributed by atoms with Crippen LogP contribution in [-0.4, -0.2) is 17.4 Å². The maximum absolute atomic E-state index is 12.0. The number of hydrogen-bond acceptors (Lipinski definition) is 3. The molecule has 0 aliphatic heterocycles. The monoisotopic (exact) mass is 355 g/mol. The number of amides is 1. The SMILES string of the molecule is CC(=O)c1c(C)cc(C)c(CSCC(=O)NCc2ccccc2)c1C. The van der Waals surface area contributed by atoms with E-state index in [4.69, 9.17) is 0 Å². The van der Waals surface area contributed by atoms with E-state index in [9.17, 15) is 9.59 Å². The van der Waals surface area contributed by atoms with Gasteiger partial charge in [0.15, 0.2) is 5.78 Å². The van der Waals surface area contributed by atoms with Crippen LogP contribution in [0.4, 0.5) is 0 Å². The first-order chi connectivity index (χ1) is 11.9. The summed E-state index contributed by atoms with van der Waals surface area (Å²) in [6, 6.07) is 11.9. The van der Waals surface area contributed by atoms with Gasteiger partial charge in [0, 0.05) is 17.9 Å². The van der Waals surface area contributed by atoms with Crippen LogP contribution in [0.3, 0.4) is 0 Å². The topological polar surface area (TPSA) is 46.2 Å². The zero-order chi connectivity index (χ0) is 18.4. The summed E-state index contributed by atoms with van der Waals surface area (Å²) in [5, 5.41) is 2.94. The van der Waals surface area contributed by atoms with Crippen molar-refractivity contribution < 1.29 is 9.59 Å². The fourth-order valence-electron chi connectivity index (χ4n) is 3.08. The average molecular weight is 356 g/mol. The fourth-order valence-corrected chi connectivity index (χ4v) is 4.12. The van der Waals surface area contributed by atoms with Crippen LogP contribution in [0, 0.1) is 20.8 Å². The summed E-state index contributed by atoms with van der Waals surface area (Å²) >= 11 is 1.58. The molecule has 2 aromatic carbocycles. The lowest BCUT2D eigenvalue weighted by atomic mass is 9.92. The van der Waals surface area contributed by atoms with E-state index in [0.717, 1.165) is 33.6 Å². The van der Waals surface area contributed by atoms with Crippen molar-refractivity contribution in [3.05, 3.63) is 69.8 Å². The number of carbonyl (C=O) groups excluding carboxylic acids is 2. The van der Waals surface area contributed by atoms with Crippen LogP contribution in [0.1, 0.15) is 45.1 Å². The molecule has 0 fully saturated rings. The van der Waals surface area contributed by atoms with Crippen LogP contribution in [0.25, 0.3) is 0 Å². The zero-order valence-corrected chi connectivity index (χ0v) is 16.1. The number of nitrogens with one attached hydrogen (secondary N) is 1. The van der Waals surface area contributed by atoms with Gasteiger partial charge in [-0.1, -0.05) is 36.4 Å². The second kappa shape index (κ2) is 8.86. The van der Waals surface area contributed by atoms with Crippen molar-refractivity contribution in [3.8, 4) is 0 Å². The molecule has 132 valence electrons. The summed E-state index contributed by atoms with van der Waals surface area (Å²) in [6.07, 6.45) is 0. The fraction of sp³-hybridized carbons (Fsp3) is 0.333. The van der Waals surface area contributed by atoms with Crippen LogP contribution in [0.15, 0.2) is 36.4 Å². The lowest BCUT2D eigenvalue weighted by molar-refractivity contribution is -0.118. The molecule has 0 saturated carbocycles. The molecular weight excluding hydrogens is 330 g/mol. The summed E-state index contributed by atoms with van der Waals surface area (Å²) in [4.78, 5) is 23.9.